The van der Waals surface area contributed by atoms with Gasteiger partial charge in [0.25, 0.3) is 0 Å². The molecule has 1 heterocycles. The molecule has 0 unspecified atom stereocenters. The summed E-state index contributed by atoms with van der Waals surface area (Å²) < 4.78 is 73.8. The number of methoxy groups -OCH3 is 1. The van der Waals surface area contributed by atoms with Gasteiger partial charge in [-0.05, 0) is 43.9 Å². The molecule has 1 aliphatic carbocycles. The van der Waals surface area contributed by atoms with Crippen molar-refractivity contribution in [3.8, 4) is 11.1 Å². The first kappa shape index (κ1) is 23.3. The van der Waals surface area contributed by atoms with Crippen molar-refractivity contribution in [1.82, 2.24) is 15.1 Å². The fourth-order valence-electron chi connectivity index (χ4n) is 3.75. The minimum Gasteiger partial charge on any atom is -0.381 e. The van der Waals surface area contributed by atoms with Crippen LogP contribution in [0, 0.1) is 0 Å². The molecule has 1 aromatic carbocycles. The number of nitrogens with one attached hydrogen (secondary N) is 1. The topological polar surface area (TPSA) is 90.3 Å². The Bertz CT molecular complexity index is 1050. The Balaban J connectivity index is 1.95. The average molecular weight is 459 g/mol. The van der Waals surface area contributed by atoms with Gasteiger partial charge < -0.3 is 10.1 Å². The maximum Gasteiger partial charge on any atom is 0.417 e. The van der Waals surface area contributed by atoms with Crippen LogP contribution in [0.4, 0.5) is 13.2 Å². The van der Waals surface area contributed by atoms with Crippen molar-refractivity contribution in [1.29, 1.82) is 0 Å². The Morgan fingerprint density at radius 2 is 2.03 bits per heavy atom. The Kier molecular flexibility index (Phi) is 6.75. The molecule has 0 saturated heterocycles. The van der Waals surface area contributed by atoms with Gasteiger partial charge in [-0.15, -0.1) is 0 Å². The summed E-state index contributed by atoms with van der Waals surface area (Å²) in [6, 6.07) is 3.16. The van der Waals surface area contributed by atoms with Crippen molar-refractivity contribution in [2.24, 2.45) is 0 Å². The van der Waals surface area contributed by atoms with Gasteiger partial charge >= 0.3 is 6.18 Å². The Morgan fingerprint density at radius 3 is 2.65 bits per heavy atom. The van der Waals surface area contributed by atoms with Gasteiger partial charge in [0.15, 0.2) is 9.84 Å². The van der Waals surface area contributed by atoms with Crippen LogP contribution in [-0.2, 0) is 32.1 Å². The fraction of sp³-hybridized carbons (Fsp3) is 0.500. The number of likely N-dealkylation sites (N-methyl/N-ethyl adjacent to an activating group) is 1. The Labute approximate surface area is 178 Å². The number of ether oxygens (including phenoxy) is 1. The standard InChI is InChI=1S/C20H24F3N3O4S/c1-3-24-19(27)12-26-11-14(10-25-26)13-4-7-18(17(8-13)20(21,22)23)31(28,29)16-6-5-15(9-16)30-2/h4,7-8,10-11,15-16H,3,5-6,9,12H2,1-2H3,(H,24,27)/t15-,16+/m0/s1. The number of nitrogens with zero attached hydrogens (tertiary/aromatic N) is 2. The average Bonchev–Trinajstić information content (AvgIpc) is 3.37. The summed E-state index contributed by atoms with van der Waals surface area (Å²) in [5, 5.41) is 5.69. The Hall–Kier alpha value is -2.40. The number of alkyl halides is 3. The molecule has 2 aromatic rings. The van der Waals surface area contributed by atoms with E-state index in [9.17, 15) is 26.4 Å². The van der Waals surface area contributed by atoms with Crippen molar-refractivity contribution >= 4 is 15.7 Å². The first-order valence-corrected chi connectivity index (χ1v) is 11.4. The molecule has 1 aromatic heterocycles. The minimum atomic E-state index is -4.85. The SMILES string of the molecule is CCNC(=O)Cn1cc(-c2ccc(S(=O)(=O)[C@@H]3CC[C@H](OC)C3)c(C(F)(F)F)c2)cn1. The number of carbonyl (C=O) groups is 1. The van der Waals surface area contributed by atoms with Crippen molar-refractivity contribution < 1.29 is 31.1 Å². The van der Waals surface area contributed by atoms with E-state index < -0.39 is 31.7 Å². The summed E-state index contributed by atoms with van der Waals surface area (Å²) in [6.45, 7) is 2.14. The zero-order valence-corrected chi connectivity index (χ0v) is 18.0. The van der Waals surface area contributed by atoms with E-state index >= 15 is 0 Å². The van der Waals surface area contributed by atoms with Crippen molar-refractivity contribution in [3.63, 3.8) is 0 Å². The largest absolute Gasteiger partial charge is 0.417 e. The number of halogens is 3. The van der Waals surface area contributed by atoms with E-state index in [1.165, 1.54) is 30.3 Å². The van der Waals surface area contributed by atoms with Gasteiger partial charge in [0.2, 0.25) is 5.91 Å². The molecule has 0 bridgehead atoms. The summed E-state index contributed by atoms with van der Waals surface area (Å²) in [4.78, 5) is 11.0. The number of hydrogen-bond acceptors (Lipinski definition) is 5. The van der Waals surface area contributed by atoms with Crippen LogP contribution in [0.1, 0.15) is 31.7 Å². The lowest BCUT2D eigenvalue weighted by Gasteiger charge is -2.18. The number of rotatable bonds is 7. The zero-order chi connectivity index (χ0) is 22.8. The third-order valence-electron chi connectivity index (χ3n) is 5.35. The summed E-state index contributed by atoms with van der Waals surface area (Å²) in [5.74, 6) is -0.277. The van der Waals surface area contributed by atoms with E-state index in [1.54, 1.807) is 6.92 Å². The first-order valence-electron chi connectivity index (χ1n) is 9.83. The molecule has 1 N–H and O–H groups in total. The molecule has 0 aliphatic heterocycles. The maximum absolute atomic E-state index is 13.8. The molecular weight excluding hydrogens is 435 g/mol. The second-order valence-corrected chi connectivity index (χ2v) is 9.62. The molecule has 2 atom stereocenters. The van der Waals surface area contributed by atoms with Gasteiger partial charge in [0.05, 0.1) is 28.0 Å². The highest BCUT2D eigenvalue weighted by atomic mass is 32.2. The van der Waals surface area contributed by atoms with Crippen LogP contribution < -0.4 is 5.32 Å². The fourth-order valence-corrected chi connectivity index (χ4v) is 5.77. The molecule has 0 radical (unpaired) electrons. The van der Waals surface area contributed by atoms with Gasteiger partial charge in [0, 0.05) is 25.4 Å². The van der Waals surface area contributed by atoms with E-state index in [0.29, 0.717) is 18.5 Å². The lowest BCUT2D eigenvalue weighted by molar-refractivity contribution is -0.139. The van der Waals surface area contributed by atoms with Crippen LogP contribution in [0.5, 0.6) is 0 Å². The maximum atomic E-state index is 13.8. The van der Waals surface area contributed by atoms with E-state index in [2.05, 4.69) is 10.4 Å². The van der Waals surface area contributed by atoms with Crippen LogP contribution in [-0.4, -0.2) is 49.1 Å². The van der Waals surface area contributed by atoms with Crippen molar-refractivity contribution in [3.05, 3.63) is 36.2 Å². The zero-order valence-electron chi connectivity index (χ0n) is 17.1. The first-order chi connectivity index (χ1) is 14.6. The van der Waals surface area contributed by atoms with Crippen molar-refractivity contribution in [2.75, 3.05) is 13.7 Å². The van der Waals surface area contributed by atoms with E-state index in [4.69, 9.17) is 4.74 Å². The van der Waals surface area contributed by atoms with Gasteiger partial charge in [0.1, 0.15) is 6.54 Å². The van der Waals surface area contributed by atoms with Gasteiger partial charge in [-0.2, -0.15) is 18.3 Å². The minimum absolute atomic E-state index is 0.0746. The molecular formula is C20H24F3N3O4S. The van der Waals surface area contributed by atoms with Gasteiger partial charge in [-0.1, -0.05) is 6.07 Å². The molecule has 11 heteroatoms. The highest BCUT2D eigenvalue weighted by Gasteiger charge is 2.42. The van der Waals surface area contributed by atoms with Crippen LogP contribution in [0.3, 0.4) is 0 Å². The number of benzene rings is 1. The number of sulfone groups is 1. The molecule has 0 spiro atoms. The second-order valence-electron chi connectivity index (χ2n) is 7.43. The van der Waals surface area contributed by atoms with E-state index in [1.807, 2.05) is 0 Å². The third kappa shape index (κ3) is 5.09. The summed E-state index contributed by atoms with van der Waals surface area (Å²) >= 11 is 0. The molecule has 3 rings (SSSR count). The predicted molar refractivity (Wildman–Crippen MR) is 107 cm³/mol. The highest BCUT2D eigenvalue weighted by Crippen LogP contribution is 2.40. The molecule has 1 fully saturated rings. The molecule has 1 amide bonds. The van der Waals surface area contributed by atoms with E-state index in [0.717, 1.165) is 12.1 Å². The number of aromatic nitrogens is 2. The normalized spacial score (nSPS) is 19.5. The second kappa shape index (κ2) is 8.99. The predicted octanol–water partition coefficient (Wildman–Crippen LogP) is 3.05. The quantitative estimate of drug-likeness (QED) is 0.687. The molecule has 7 nitrogen and oxygen atoms in total. The molecule has 1 saturated carbocycles. The molecule has 31 heavy (non-hydrogen) atoms. The summed E-state index contributed by atoms with van der Waals surface area (Å²) in [6.07, 6.45) is -1.43. The van der Waals surface area contributed by atoms with Crippen molar-refractivity contribution in [2.45, 2.75) is 55.2 Å². The number of hydrogen-bond donors (Lipinski definition) is 1. The van der Waals surface area contributed by atoms with E-state index in [-0.39, 0.29) is 37.0 Å². The monoisotopic (exact) mass is 459 g/mol. The lowest BCUT2D eigenvalue weighted by Crippen LogP contribution is -2.27. The molecule has 1 aliphatic rings. The van der Waals surface area contributed by atoms with Gasteiger partial charge in [-0.25, -0.2) is 8.42 Å². The van der Waals surface area contributed by atoms with Gasteiger partial charge in [-0.3, -0.25) is 9.48 Å². The smallest absolute Gasteiger partial charge is 0.381 e. The van der Waals surface area contributed by atoms with Crippen LogP contribution in [0.25, 0.3) is 11.1 Å². The molecule has 170 valence electrons. The highest BCUT2D eigenvalue weighted by molar-refractivity contribution is 7.92. The van der Waals surface area contributed by atoms with Crippen LogP contribution >= 0.6 is 0 Å². The third-order valence-corrected chi connectivity index (χ3v) is 7.62. The summed E-state index contributed by atoms with van der Waals surface area (Å²) in [5.41, 5.74) is -0.698. The number of carbonyl (C=O) groups excluding carboxylic acids is 1. The summed E-state index contributed by atoms with van der Waals surface area (Å²) in [7, 11) is -2.73. The lowest BCUT2D eigenvalue weighted by atomic mass is 10.1. The number of amides is 1. The van der Waals surface area contributed by atoms with Crippen LogP contribution in [0.15, 0.2) is 35.5 Å². The van der Waals surface area contributed by atoms with Crippen LogP contribution in [0.2, 0.25) is 0 Å². The Morgan fingerprint density at radius 1 is 1.29 bits per heavy atom.